The van der Waals surface area contributed by atoms with Gasteiger partial charge in [0.1, 0.15) is 17.7 Å². The highest BCUT2D eigenvalue weighted by molar-refractivity contribution is 5.80. The zero-order valence-corrected chi connectivity index (χ0v) is 15.7. The molecule has 0 bridgehead atoms. The number of nitrogens with zero attached hydrogens (tertiary/aromatic N) is 1. The molecule has 0 aliphatic carbocycles. The number of piperazine rings is 1. The first-order valence-corrected chi connectivity index (χ1v) is 9.47. The Labute approximate surface area is 164 Å². The van der Waals surface area contributed by atoms with Crippen LogP contribution in [0.15, 0.2) is 60.8 Å². The highest BCUT2D eigenvalue weighted by Gasteiger charge is 2.21. The number of rotatable bonds is 7. The standard InChI is InChI=1S/C22H25F2N3O/c23-18-8-4-16(5-9-18)20(17-6-10-19(24)11-7-17)3-1-2-13-27-14-12-26-21(15-27)22(25)28/h2,4-11,13,20-21,26H,1,3,12,14-15H2,(H2,25,28)/b13-2+. The summed E-state index contributed by atoms with van der Waals surface area (Å²) in [5, 5.41) is 3.10. The number of hydrogen-bond donors (Lipinski definition) is 2. The van der Waals surface area contributed by atoms with Gasteiger partial charge in [-0.1, -0.05) is 30.3 Å². The Morgan fingerprint density at radius 2 is 1.68 bits per heavy atom. The minimum Gasteiger partial charge on any atom is -0.374 e. The third-order valence-electron chi connectivity index (χ3n) is 5.03. The fourth-order valence-electron chi connectivity index (χ4n) is 3.50. The van der Waals surface area contributed by atoms with Crippen molar-refractivity contribution < 1.29 is 13.6 Å². The van der Waals surface area contributed by atoms with Crippen molar-refractivity contribution in [2.24, 2.45) is 5.73 Å². The number of benzene rings is 2. The van der Waals surface area contributed by atoms with Crippen molar-refractivity contribution >= 4 is 5.91 Å². The highest BCUT2D eigenvalue weighted by Crippen LogP contribution is 2.29. The summed E-state index contributed by atoms with van der Waals surface area (Å²) in [5.41, 5.74) is 7.36. The maximum Gasteiger partial charge on any atom is 0.236 e. The Hall–Kier alpha value is -2.73. The molecular formula is C22H25F2N3O. The second-order valence-electron chi connectivity index (χ2n) is 7.02. The molecule has 1 atom stereocenters. The fraction of sp³-hybridized carbons (Fsp3) is 0.318. The largest absolute Gasteiger partial charge is 0.374 e. The van der Waals surface area contributed by atoms with Crippen LogP contribution in [0.3, 0.4) is 0 Å². The summed E-state index contributed by atoms with van der Waals surface area (Å²) in [6, 6.07) is 12.6. The van der Waals surface area contributed by atoms with Crippen LogP contribution in [0.5, 0.6) is 0 Å². The summed E-state index contributed by atoms with van der Waals surface area (Å²) in [5.74, 6) is -0.841. The van der Waals surface area contributed by atoms with Crippen LogP contribution in [0.1, 0.15) is 29.9 Å². The average molecular weight is 385 g/mol. The van der Waals surface area contributed by atoms with E-state index in [2.05, 4.69) is 16.3 Å². The van der Waals surface area contributed by atoms with E-state index in [1.807, 2.05) is 6.20 Å². The Bertz CT molecular complexity index is 760. The topological polar surface area (TPSA) is 58.4 Å². The molecule has 3 N–H and O–H groups in total. The highest BCUT2D eigenvalue weighted by atomic mass is 19.1. The second kappa shape index (κ2) is 9.46. The first-order chi connectivity index (χ1) is 13.5. The molecule has 1 aliphatic rings. The second-order valence-corrected chi connectivity index (χ2v) is 7.02. The first kappa shape index (κ1) is 20.0. The lowest BCUT2D eigenvalue weighted by atomic mass is 9.87. The van der Waals surface area contributed by atoms with Crippen LogP contribution in [0, 0.1) is 11.6 Å². The molecule has 1 saturated heterocycles. The van der Waals surface area contributed by atoms with E-state index < -0.39 is 0 Å². The van der Waals surface area contributed by atoms with E-state index >= 15 is 0 Å². The molecular weight excluding hydrogens is 360 g/mol. The molecule has 3 rings (SSSR count). The predicted octanol–water partition coefficient (Wildman–Crippen LogP) is 3.15. The Morgan fingerprint density at radius 3 is 2.21 bits per heavy atom. The summed E-state index contributed by atoms with van der Waals surface area (Å²) in [4.78, 5) is 13.4. The molecule has 148 valence electrons. The van der Waals surface area contributed by atoms with Crippen LogP contribution in [0.4, 0.5) is 8.78 Å². The monoisotopic (exact) mass is 385 g/mol. The molecule has 2 aromatic rings. The maximum atomic E-state index is 13.3. The number of nitrogens with two attached hydrogens (primary N) is 1. The number of nitrogens with one attached hydrogen (secondary N) is 1. The van der Waals surface area contributed by atoms with E-state index in [-0.39, 0.29) is 29.5 Å². The van der Waals surface area contributed by atoms with Crippen molar-refractivity contribution in [3.05, 3.63) is 83.6 Å². The molecule has 0 radical (unpaired) electrons. The van der Waals surface area contributed by atoms with Gasteiger partial charge in [0.2, 0.25) is 5.91 Å². The van der Waals surface area contributed by atoms with E-state index in [0.29, 0.717) is 13.1 Å². The van der Waals surface area contributed by atoms with Gasteiger partial charge in [-0.25, -0.2) is 8.78 Å². The molecule has 28 heavy (non-hydrogen) atoms. The normalized spacial score (nSPS) is 17.4. The quantitative estimate of drug-likeness (QED) is 0.770. The van der Waals surface area contributed by atoms with Crippen LogP contribution in [0.2, 0.25) is 0 Å². The lowest BCUT2D eigenvalue weighted by Gasteiger charge is -2.31. The van der Waals surface area contributed by atoms with E-state index in [1.165, 1.54) is 24.3 Å². The zero-order chi connectivity index (χ0) is 19.9. The molecule has 1 fully saturated rings. The Kier molecular flexibility index (Phi) is 6.76. The van der Waals surface area contributed by atoms with Crippen molar-refractivity contribution in [3.63, 3.8) is 0 Å². The summed E-state index contributed by atoms with van der Waals surface area (Å²) in [6.45, 7) is 2.09. The minimum atomic E-state index is -0.342. The number of amides is 1. The van der Waals surface area contributed by atoms with Gasteiger partial charge < -0.3 is 16.0 Å². The molecule has 6 heteroatoms. The van der Waals surface area contributed by atoms with E-state index in [1.54, 1.807) is 24.3 Å². The van der Waals surface area contributed by atoms with Crippen molar-refractivity contribution in [1.82, 2.24) is 10.2 Å². The molecule has 0 aromatic heterocycles. The van der Waals surface area contributed by atoms with Crippen LogP contribution >= 0.6 is 0 Å². The van der Waals surface area contributed by atoms with Gasteiger partial charge in [-0.15, -0.1) is 0 Å². The fourth-order valence-corrected chi connectivity index (χ4v) is 3.50. The van der Waals surface area contributed by atoms with Crippen molar-refractivity contribution in [2.45, 2.75) is 24.8 Å². The van der Waals surface area contributed by atoms with Gasteiger partial charge in [-0.2, -0.15) is 0 Å². The molecule has 1 amide bonds. The van der Waals surface area contributed by atoms with Gasteiger partial charge >= 0.3 is 0 Å². The number of carbonyl (C=O) groups is 1. The van der Waals surface area contributed by atoms with Crippen LogP contribution in [0.25, 0.3) is 0 Å². The zero-order valence-electron chi connectivity index (χ0n) is 15.7. The summed E-state index contributed by atoms with van der Waals surface area (Å²) in [7, 11) is 0. The van der Waals surface area contributed by atoms with Gasteiger partial charge in [0.15, 0.2) is 0 Å². The number of primary amides is 1. The molecule has 1 heterocycles. The maximum absolute atomic E-state index is 13.3. The third-order valence-corrected chi connectivity index (χ3v) is 5.03. The van der Waals surface area contributed by atoms with Gasteiger partial charge in [0.25, 0.3) is 0 Å². The molecule has 1 aliphatic heterocycles. The average Bonchev–Trinajstić information content (AvgIpc) is 2.70. The molecule has 1 unspecified atom stereocenters. The number of carbonyl (C=O) groups excluding carboxylic acids is 1. The lowest BCUT2D eigenvalue weighted by molar-refractivity contribution is -0.120. The van der Waals surface area contributed by atoms with E-state index in [0.717, 1.165) is 30.5 Å². The van der Waals surface area contributed by atoms with E-state index in [4.69, 9.17) is 5.73 Å². The molecule has 4 nitrogen and oxygen atoms in total. The molecule has 2 aromatic carbocycles. The summed E-state index contributed by atoms with van der Waals surface area (Å²) < 4.78 is 26.6. The van der Waals surface area contributed by atoms with Gasteiger partial charge in [0, 0.05) is 25.6 Å². The van der Waals surface area contributed by atoms with Crippen molar-refractivity contribution in [1.29, 1.82) is 0 Å². The molecule has 0 spiro atoms. The number of hydrogen-bond acceptors (Lipinski definition) is 3. The number of allylic oxidation sites excluding steroid dienone is 1. The SMILES string of the molecule is NC(=O)C1CN(/C=C/CCC(c2ccc(F)cc2)c2ccc(F)cc2)CCN1. The smallest absolute Gasteiger partial charge is 0.236 e. The van der Waals surface area contributed by atoms with Crippen molar-refractivity contribution in [2.75, 3.05) is 19.6 Å². The Morgan fingerprint density at radius 1 is 1.11 bits per heavy atom. The summed E-state index contributed by atoms with van der Waals surface area (Å²) in [6.07, 6.45) is 5.68. The van der Waals surface area contributed by atoms with Crippen molar-refractivity contribution in [3.8, 4) is 0 Å². The number of halogens is 2. The first-order valence-electron chi connectivity index (χ1n) is 9.47. The predicted molar refractivity (Wildman–Crippen MR) is 106 cm³/mol. The Balaban J connectivity index is 1.65. The lowest BCUT2D eigenvalue weighted by Crippen LogP contribution is -2.54. The van der Waals surface area contributed by atoms with E-state index in [9.17, 15) is 13.6 Å². The third kappa shape index (κ3) is 5.39. The van der Waals surface area contributed by atoms with Gasteiger partial charge in [0.05, 0.1) is 0 Å². The summed E-state index contributed by atoms with van der Waals surface area (Å²) >= 11 is 0. The van der Waals surface area contributed by atoms with Crippen LogP contribution < -0.4 is 11.1 Å². The minimum absolute atomic E-state index is 0.0484. The van der Waals surface area contributed by atoms with Gasteiger partial charge in [-0.05, 0) is 54.4 Å². The molecule has 0 saturated carbocycles. The van der Waals surface area contributed by atoms with Gasteiger partial charge in [-0.3, -0.25) is 4.79 Å². The van der Waals surface area contributed by atoms with Crippen LogP contribution in [-0.2, 0) is 4.79 Å². The van der Waals surface area contributed by atoms with Crippen LogP contribution in [-0.4, -0.2) is 36.5 Å².